The third-order valence-corrected chi connectivity index (χ3v) is 3.46. The van der Waals surface area contributed by atoms with Crippen molar-refractivity contribution in [1.82, 2.24) is 15.1 Å². The van der Waals surface area contributed by atoms with E-state index in [0.29, 0.717) is 0 Å². The SMILES string of the molecule is CC(NCc1cnn(Cc2ccccc2)c1)c1ccco1. The molecule has 3 rings (SSSR count). The minimum atomic E-state index is 0.192. The number of rotatable bonds is 6. The number of nitrogens with one attached hydrogen (secondary N) is 1. The van der Waals surface area contributed by atoms with Gasteiger partial charge >= 0.3 is 0 Å². The fourth-order valence-electron chi connectivity index (χ4n) is 2.26. The van der Waals surface area contributed by atoms with Crippen LogP contribution in [0.5, 0.6) is 0 Å². The van der Waals surface area contributed by atoms with Crippen LogP contribution < -0.4 is 5.32 Å². The Kier molecular flexibility index (Phi) is 4.17. The molecule has 0 saturated heterocycles. The lowest BCUT2D eigenvalue weighted by Gasteiger charge is -2.09. The van der Waals surface area contributed by atoms with E-state index in [0.717, 1.165) is 18.8 Å². The molecule has 1 unspecified atom stereocenters. The second-order valence-electron chi connectivity index (χ2n) is 5.15. The summed E-state index contributed by atoms with van der Waals surface area (Å²) in [7, 11) is 0. The average Bonchev–Trinajstić information content (AvgIpc) is 3.17. The van der Waals surface area contributed by atoms with E-state index in [1.165, 1.54) is 11.1 Å². The summed E-state index contributed by atoms with van der Waals surface area (Å²) in [6.45, 7) is 3.67. The van der Waals surface area contributed by atoms with Crippen LogP contribution >= 0.6 is 0 Å². The summed E-state index contributed by atoms with van der Waals surface area (Å²) in [4.78, 5) is 0. The Morgan fingerprint density at radius 1 is 1.14 bits per heavy atom. The Bertz CT molecular complexity index is 658. The molecule has 108 valence electrons. The van der Waals surface area contributed by atoms with E-state index < -0.39 is 0 Å². The van der Waals surface area contributed by atoms with E-state index in [4.69, 9.17) is 4.42 Å². The quantitative estimate of drug-likeness (QED) is 0.753. The van der Waals surface area contributed by atoms with Gasteiger partial charge in [0.15, 0.2) is 0 Å². The first-order chi connectivity index (χ1) is 10.3. The van der Waals surface area contributed by atoms with Crippen molar-refractivity contribution in [1.29, 1.82) is 0 Å². The molecule has 0 aliphatic heterocycles. The zero-order valence-corrected chi connectivity index (χ0v) is 12.1. The monoisotopic (exact) mass is 281 g/mol. The maximum absolute atomic E-state index is 5.38. The Morgan fingerprint density at radius 2 is 2.00 bits per heavy atom. The van der Waals surface area contributed by atoms with Crippen LogP contribution in [0.15, 0.2) is 65.5 Å². The molecule has 0 radical (unpaired) electrons. The van der Waals surface area contributed by atoms with Crippen LogP contribution in [0.3, 0.4) is 0 Å². The summed E-state index contributed by atoms with van der Waals surface area (Å²) in [6, 6.07) is 14.4. The van der Waals surface area contributed by atoms with Crippen LogP contribution in [0.4, 0.5) is 0 Å². The van der Waals surface area contributed by atoms with Gasteiger partial charge in [-0.25, -0.2) is 0 Å². The third kappa shape index (κ3) is 3.61. The van der Waals surface area contributed by atoms with Crippen molar-refractivity contribution in [3.05, 3.63) is 78.0 Å². The first-order valence-electron chi connectivity index (χ1n) is 7.13. The Labute approximate surface area is 124 Å². The van der Waals surface area contributed by atoms with Gasteiger partial charge in [0.1, 0.15) is 5.76 Å². The number of hydrogen-bond donors (Lipinski definition) is 1. The van der Waals surface area contributed by atoms with Gasteiger partial charge in [-0.2, -0.15) is 5.10 Å². The predicted molar refractivity (Wildman–Crippen MR) is 81.7 cm³/mol. The third-order valence-electron chi connectivity index (χ3n) is 3.46. The summed E-state index contributed by atoms with van der Waals surface area (Å²) >= 11 is 0. The van der Waals surface area contributed by atoms with Gasteiger partial charge < -0.3 is 9.73 Å². The lowest BCUT2D eigenvalue weighted by Crippen LogP contribution is -2.17. The highest BCUT2D eigenvalue weighted by molar-refractivity contribution is 5.15. The summed E-state index contributed by atoms with van der Waals surface area (Å²) < 4.78 is 7.35. The van der Waals surface area contributed by atoms with Crippen LogP contribution in [0, 0.1) is 0 Å². The second-order valence-corrected chi connectivity index (χ2v) is 5.15. The molecular formula is C17H19N3O. The van der Waals surface area contributed by atoms with E-state index in [1.54, 1.807) is 6.26 Å². The highest BCUT2D eigenvalue weighted by Crippen LogP contribution is 2.13. The highest BCUT2D eigenvalue weighted by Gasteiger charge is 2.08. The number of hydrogen-bond acceptors (Lipinski definition) is 3. The van der Waals surface area contributed by atoms with Gasteiger partial charge in [0.2, 0.25) is 0 Å². The minimum absolute atomic E-state index is 0.192. The molecule has 2 heterocycles. The van der Waals surface area contributed by atoms with E-state index in [-0.39, 0.29) is 6.04 Å². The first-order valence-corrected chi connectivity index (χ1v) is 7.13. The van der Waals surface area contributed by atoms with Gasteiger partial charge in [0.05, 0.1) is 25.0 Å². The van der Waals surface area contributed by atoms with Crippen molar-refractivity contribution >= 4 is 0 Å². The number of benzene rings is 1. The summed E-state index contributed by atoms with van der Waals surface area (Å²) in [6.07, 6.45) is 5.69. The molecule has 0 bridgehead atoms. The zero-order chi connectivity index (χ0) is 14.5. The highest BCUT2D eigenvalue weighted by atomic mass is 16.3. The molecule has 4 nitrogen and oxygen atoms in total. The van der Waals surface area contributed by atoms with Gasteiger partial charge in [0, 0.05) is 18.3 Å². The summed E-state index contributed by atoms with van der Waals surface area (Å²) in [5.41, 5.74) is 2.42. The van der Waals surface area contributed by atoms with Gasteiger partial charge in [-0.05, 0) is 24.6 Å². The number of furan rings is 1. The Hall–Kier alpha value is -2.33. The minimum Gasteiger partial charge on any atom is -0.468 e. The molecule has 21 heavy (non-hydrogen) atoms. The maximum atomic E-state index is 5.38. The molecule has 0 aliphatic carbocycles. The molecule has 0 aliphatic rings. The fraction of sp³-hybridized carbons (Fsp3) is 0.235. The maximum Gasteiger partial charge on any atom is 0.120 e. The van der Waals surface area contributed by atoms with E-state index in [1.807, 2.05) is 41.2 Å². The van der Waals surface area contributed by atoms with Gasteiger partial charge in [0.25, 0.3) is 0 Å². The molecule has 0 saturated carbocycles. The normalized spacial score (nSPS) is 12.4. The smallest absolute Gasteiger partial charge is 0.120 e. The molecule has 2 aromatic heterocycles. The van der Waals surface area contributed by atoms with Crippen molar-refractivity contribution < 1.29 is 4.42 Å². The molecule has 3 aromatic rings. The lowest BCUT2D eigenvalue weighted by molar-refractivity contribution is 0.430. The molecule has 4 heteroatoms. The van der Waals surface area contributed by atoms with Crippen LogP contribution in [0.2, 0.25) is 0 Å². The van der Waals surface area contributed by atoms with E-state index in [2.05, 4.69) is 35.7 Å². The van der Waals surface area contributed by atoms with Crippen LogP contribution in [0.1, 0.15) is 29.9 Å². The molecule has 0 fully saturated rings. The second kappa shape index (κ2) is 6.41. The molecular weight excluding hydrogens is 262 g/mol. The predicted octanol–water partition coefficient (Wildman–Crippen LogP) is 3.38. The van der Waals surface area contributed by atoms with Gasteiger partial charge in [-0.15, -0.1) is 0 Å². The topological polar surface area (TPSA) is 43.0 Å². The molecule has 1 N–H and O–H groups in total. The molecule has 0 spiro atoms. The zero-order valence-electron chi connectivity index (χ0n) is 12.1. The molecule has 1 aromatic carbocycles. The van der Waals surface area contributed by atoms with Crippen molar-refractivity contribution in [2.75, 3.05) is 0 Å². The summed E-state index contributed by atoms with van der Waals surface area (Å²) in [5.74, 6) is 0.951. The Balaban J connectivity index is 1.55. The van der Waals surface area contributed by atoms with Crippen molar-refractivity contribution in [3.63, 3.8) is 0 Å². The van der Waals surface area contributed by atoms with Crippen molar-refractivity contribution in [2.45, 2.75) is 26.1 Å². The lowest BCUT2D eigenvalue weighted by atomic mass is 10.2. The van der Waals surface area contributed by atoms with Gasteiger partial charge in [-0.1, -0.05) is 30.3 Å². The van der Waals surface area contributed by atoms with Crippen molar-refractivity contribution in [2.24, 2.45) is 0 Å². The molecule has 0 amide bonds. The van der Waals surface area contributed by atoms with E-state index in [9.17, 15) is 0 Å². The van der Waals surface area contributed by atoms with Crippen molar-refractivity contribution in [3.8, 4) is 0 Å². The largest absolute Gasteiger partial charge is 0.468 e. The fourth-order valence-corrected chi connectivity index (χ4v) is 2.26. The number of nitrogens with zero attached hydrogens (tertiary/aromatic N) is 2. The van der Waals surface area contributed by atoms with Crippen LogP contribution in [-0.4, -0.2) is 9.78 Å². The number of aromatic nitrogens is 2. The summed E-state index contributed by atoms with van der Waals surface area (Å²) in [5, 5.41) is 7.84. The standard InChI is InChI=1S/C17H19N3O/c1-14(17-8-5-9-21-17)18-10-16-11-19-20(13-16)12-15-6-3-2-4-7-15/h2-9,11,13-14,18H,10,12H2,1H3. The molecule has 1 atom stereocenters. The van der Waals surface area contributed by atoms with Gasteiger partial charge in [-0.3, -0.25) is 4.68 Å². The first kappa shape index (κ1) is 13.6. The van der Waals surface area contributed by atoms with Crippen LogP contribution in [0.25, 0.3) is 0 Å². The average molecular weight is 281 g/mol. The van der Waals surface area contributed by atoms with E-state index >= 15 is 0 Å². The van der Waals surface area contributed by atoms with Crippen LogP contribution in [-0.2, 0) is 13.1 Å². The Morgan fingerprint density at radius 3 is 2.76 bits per heavy atom.